The maximum absolute atomic E-state index is 8.84. The SMILES string of the molecule is CC(C)CCN(c1nccnc1C(N)=NO)C1CC1. The van der Waals surface area contributed by atoms with E-state index < -0.39 is 0 Å². The molecule has 1 aliphatic carbocycles. The van der Waals surface area contributed by atoms with E-state index in [0.29, 0.717) is 17.7 Å². The van der Waals surface area contributed by atoms with E-state index in [-0.39, 0.29) is 5.84 Å². The van der Waals surface area contributed by atoms with Crippen molar-refractivity contribution in [3.63, 3.8) is 0 Å². The fourth-order valence-corrected chi connectivity index (χ4v) is 2.01. The van der Waals surface area contributed by atoms with Gasteiger partial charge in [-0.15, -0.1) is 0 Å². The zero-order valence-electron chi connectivity index (χ0n) is 11.5. The standard InChI is InChI=1S/C13H21N5O/c1-9(2)5-8-18(10-3-4-10)13-11(12(14)17-19)15-6-7-16-13/h6-7,9-10,19H,3-5,8H2,1-2H3,(H2,14,17). The molecule has 1 heterocycles. The van der Waals surface area contributed by atoms with Crippen LogP contribution in [0.2, 0.25) is 0 Å². The van der Waals surface area contributed by atoms with Crippen molar-refractivity contribution < 1.29 is 5.21 Å². The summed E-state index contributed by atoms with van der Waals surface area (Å²) < 4.78 is 0. The molecule has 1 aromatic rings. The lowest BCUT2D eigenvalue weighted by Gasteiger charge is -2.25. The van der Waals surface area contributed by atoms with E-state index in [1.807, 2.05) is 0 Å². The summed E-state index contributed by atoms with van der Waals surface area (Å²) in [6.07, 6.45) is 6.63. The Hall–Kier alpha value is -1.85. The molecule has 0 aliphatic heterocycles. The highest BCUT2D eigenvalue weighted by Crippen LogP contribution is 2.32. The van der Waals surface area contributed by atoms with Gasteiger partial charge in [0.25, 0.3) is 0 Å². The first-order chi connectivity index (χ1) is 9.13. The van der Waals surface area contributed by atoms with Crippen molar-refractivity contribution in [2.45, 2.75) is 39.2 Å². The fraction of sp³-hybridized carbons (Fsp3) is 0.615. The summed E-state index contributed by atoms with van der Waals surface area (Å²) in [5.41, 5.74) is 6.14. The van der Waals surface area contributed by atoms with Gasteiger partial charge in [-0.05, 0) is 25.2 Å². The van der Waals surface area contributed by atoms with Crippen LogP contribution in [-0.2, 0) is 0 Å². The second kappa shape index (κ2) is 5.86. The molecule has 6 nitrogen and oxygen atoms in total. The first-order valence-electron chi connectivity index (χ1n) is 6.69. The molecule has 1 aromatic heterocycles. The topological polar surface area (TPSA) is 87.6 Å². The average Bonchev–Trinajstić information content (AvgIpc) is 3.23. The van der Waals surface area contributed by atoms with Gasteiger partial charge in [0.1, 0.15) is 0 Å². The van der Waals surface area contributed by atoms with Crippen LogP contribution in [0.25, 0.3) is 0 Å². The fourth-order valence-electron chi connectivity index (χ4n) is 2.01. The molecular weight excluding hydrogens is 242 g/mol. The lowest BCUT2D eigenvalue weighted by molar-refractivity contribution is 0.318. The molecule has 0 spiro atoms. The number of nitrogens with zero attached hydrogens (tertiary/aromatic N) is 4. The van der Waals surface area contributed by atoms with Gasteiger partial charge in [-0.2, -0.15) is 0 Å². The van der Waals surface area contributed by atoms with Crippen LogP contribution in [0.15, 0.2) is 17.5 Å². The molecule has 1 aliphatic rings. The van der Waals surface area contributed by atoms with Crippen LogP contribution in [0.4, 0.5) is 5.82 Å². The summed E-state index contributed by atoms with van der Waals surface area (Å²) in [5, 5.41) is 11.9. The summed E-state index contributed by atoms with van der Waals surface area (Å²) in [6, 6.07) is 0.515. The minimum absolute atomic E-state index is 0.0123. The van der Waals surface area contributed by atoms with Gasteiger partial charge in [-0.1, -0.05) is 19.0 Å². The highest BCUT2D eigenvalue weighted by molar-refractivity contribution is 5.99. The van der Waals surface area contributed by atoms with E-state index in [2.05, 4.69) is 33.9 Å². The van der Waals surface area contributed by atoms with Crippen LogP contribution in [0.3, 0.4) is 0 Å². The van der Waals surface area contributed by atoms with E-state index in [9.17, 15) is 0 Å². The number of amidine groups is 1. The van der Waals surface area contributed by atoms with Gasteiger partial charge in [0, 0.05) is 25.0 Å². The van der Waals surface area contributed by atoms with Gasteiger partial charge in [0.15, 0.2) is 17.3 Å². The van der Waals surface area contributed by atoms with Crippen LogP contribution in [0.1, 0.15) is 38.8 Å². The van der Waals surface area contributed by atoms with Gasteiger partial charge in [0.2, 0.25) is 0 Å². The minimum Gasteiger partial charge on any atom is -0.409 e. The third-order valence-corrected chi connectivity index (χ3v) is 3.24. The number of nitrogens with two attached hydrogens (primary N) is 1. The van der Waals surface area contributed by atoms with Gasteiger partial charge in [-0.3, -0.25) is 0 Å². The van der Waals surface area contributed by atoms with Gasteiger partial charge < -0.3 is 15.8 Å². The Bertz CT molecular complexity index is 456. The number of oxime groups is 1. The summed E-state index contributed by atoms with van der Waals surface area (Å²) in [4.78, 5) is 10.8. The van der Waals surface area contributed by atoms with Crippen LogP contribution in [0.5, 0.6) is 0 Å². The number of hydrogen-bond donors (Lipinski definition) is 2. The van der Waals surface area contributed by atoms with Gasteiger partial charge in [-0.25, -0.2) is 9.97 Å². The Morgan fingerprint density at radius 3 is 2.74 bits per heavy atom. The Morgan fingerprint density at radius 1 is 1.47 bits per heavy atom. The lowest BCUT2D eigenvalue weighted by atomic mass is 10.1. The molecule has 0 saturated heterocycles. The summed E-state index contributed by atoms with van der Waals surface area (Å²) in [5.74, 6) is 1.37. The first-order valence-corrected chi connectivity index (χ1v) is 6.69. The zero-order valence-corrected chi connectivity index (χ0v) is 11.5. The zero-order chi connectivity index (χ0) is 13.8. The van der Waals surface area contributed by atoms with Crippen LogP contribution in [0, 0.1) is 5.92 Å². The monoisotopic (exact) mass is 263 g/mol. The summed E-state index contributed by atoms with van der Waals surface area (Å²) in [7, 11) is 0. The van der Waals surface area contributed by atoms with Crippen LogP contribution >= 0.6 is 0 Å². The molecule has 2 rings (SSSR count). The van der Waals surface area contributed by atoms with Crippen molar-refractivity contribution in [2.24, 2.45) is 16.8 Å². The minimum atomic E-state index is 0.0123. The Kier molecular flexibility index (Phi) is 4.19. The quantitative estimate of drug-likeness (QED) is 0.352. The molecule has 0 radical (unpaired) electrons. The van der Waals surface area contributed by atoms with Crippen molar-refractivity contribution in [1.29, 1.82) is 0 Å². The average molecular weight is 263 g/mol. The lowest BCUT2D eigenvalue weighted by Crippen LogP contribution is -2.32. The van der Waals surface area contributed by atoms with Crippen molar-refractivity contribution in [3.05, 3.63) is 18.1 Å². The highest BCUT2D eigenvalue weighted by atomic mass is 16.4. The molecule has 1 fully saturated rings. The third-order valence-electron chi connectivity index (χ3n) is 3.24. The smallest absolute Gasteiger partial charge is 0.192 e. The molecule has 19 heavy (non-hydrogen) atoms. The van der Waals surface area contributed by atoms with Crippen molar-refractivity contribution >= 4 is 11.7 Å². The summed E-state index contributed by atoms with van der Waals surface area (Å²) in [6.45, 7) is 5.32. The maximum Gasteiger partial charge on any atom is 0.192 e. The van der Waals surface area contributed by atoms with E-state index in [0.717, 1.165) is 18.8 Å². The highest BCUT2D eigenvalue weighted by Gasteiger charge is 2.32. The normalized spacial score (nSPS) is 15.8. The maximum atomic E-state index is 8.84. The van der Waals surface area contributed by atoms with E-state index in [4.69, 9.17) is 10.9 Å². The molecule has 1 saturated carbocycles. The Balaban J connectivity index is 2.26. The molecule has 0 aromatic carbocycles. The van der Waals surface area contributed by atoms with E-state index >= 15 is 0 Å². The van der Waals surface area contributed by atoms with E-state index in [1.165, 1.54) is 12.8 Å². The summed E-state index contributed by atoms with van der Waals surface area (Å²) >= 11 is 0. The molecule has 6 heteroatoms. The molecule has 3 N–H and O–H groups in total. The van der Waals surface area contributed by atoms with Crippen molar-refractivity contribution in [1.82, 2.24) is 9.97 Å². The molecule has 0 amide bonds. The Labute approximate surface area is 113 Å². The second-order valence-electron chi connectivity index (χ2n) is 5.32. The van der Waals surface area contributed by atoms with E-state index in [1.54, 1.807) is 12.4 Å². The van der Waals surface area contributed by atoms with Crippen molar-refractivity contribution in [2.75, 3.05) is 11.4 Å². The molecule has 104 valence electrons. The third kappa shape index (κ3) is 3.33. The Morgan fingerprint density at radius 2 is 2.16 bits per heavy atom. The molecule has 0 bridgehead atoms. The predicted octanol–water partition coefficient (Wildman–Crippen LogP) is 1.59. The second-order valence-corrected chi connectivity index (χ2v) is 5.32. The molecule has 0 unspecified atom stereocenters. The van der Waals surface area contributed by atoms with Crippen LogP contribution < -0.4 is 10.6 Å². The number of hydrogen-bond acceptors (Lipinski definition) is 5. The number of rotatable bonds is 6. The predicted molar refractivity (Wildman–Crippen MR) is 74.4 cm³/mol. The largest absolute Gasteiger partial charge is 0.409 e. The number of anilines is 1. The van der Waals surface area contributed by atoms with Crippen LogP contribution in [-0.4, -0.2) is 33.6 Å². The molecule has 0 atom stereocenters. The molecular formula is C13H21N5O. The van der Waals surface area contributed by atoms with Gasteiger partial charge in [0.05, 0.1) is 0 Å². The number of aromatic nitrogens is 2. The van der Waals surface area contributed by atoms with Crippen molar-refractivity contribution in [3.8, 4) is 0 Å². The van der Waals surface area contributed by atoms with Gasteiger partial charge >= 0.3 is 0 Å². The first kappa shape index (κ1) is 13.6.